The van der Waals surface area contributed by atoms with Gasteiger partial charge in [-0.3, -0.25) is 24.2 Å². The highest BCUT2D eigenvalue weighted by Gasteiger charge is 2.34. The highest BCUT2D eigenvalue weighted by molar-refractivity contribution is 6.04. The molecule has 0 radical (unpaired) electrons. The normalized spacial score (nSPS) is 13.2. The number of carbonyl (C=O) groups excluding carboxylic acids is 5. The number of ether oxygens (including phenoxy) is 2. The molecule has 2 aliphatic carbocycles. The molecule has 0 saturated heterocycles. The summed E-state index contributed by atoms with van der Waals surface area (Å²) in [6.45, 7) is 11.4. The molecule has 3 N–H and O–H groups in total. The molecule has 22 nitrogen and oxygen atoms in total. The maximum Gasteiger partial charge on any atom is 0.416 e. The van der Waals surface area contributed by atoms with Crippen molar-refractivity contribution in [3.63, 3.8) is 0 Å². The van der Waals surface area contributed by atoms with Gasteiger partial charge in [0.1, 0.15) is 41.7 Å². The fraction of sp³-hybridized carbons (Fsp3) is 0.328. The number of hydrogen-bond acceptors (Lipinski definition) is 16. The number of nitrogens with one attached hydrogen (secondary N) is 2. The van der Waals surface area contributed by atoms with Crippen LogP contribution in [-0.2, 0) is 16.1 Å². The Balaban J connectivity index is 0.000000202. The van der Waals surface area contributed by atoms with E-state index in [9.17, 15) is 46.6 Å². The van der Waals surface area contributed by atoms with Crippen molar-refractivity contribution in [2.45, 2.75) is 97.9 Å². The van der Waals surface area contributed by atoms with Crippen LogP contribution in [0, 0.1) is 11.8 Å². The molecule has 6 heterocycles. The number of pyridine rings is 2. The summed E-state index contributed by atoms with van der Waals surface area (Å²) in [4.78, 5) is 82.8. The second-order valence-corrected chi connectivity index (χ2v) is 21.7. The lowest BCUT2D eigenvalue weighted by atomic mass is 10.2. The van der Waals surface area contributed by atoms with E-state index in [1.165, 1.54) is 56.1 Å². The van der Waals surface area contributed by atoms with Gasteiger partial charge in [0.05, 0.1) is 41.8 Å². The number of alkyl halides is 4. The van der Waals surface area contributed by atoms with E-state index in [1.807, 2.05) is 0 Å². The zero-order valence-electron chi connectivity index (χ0n) is 46.3. The van der Waals surface area contributed by atoms with Gasteiger partial charge in [0.15, 0.2) is 22.8 Å². The minimum absolute atomic E-state index is 0.0689. The monoisotopic (exact) mass is 1160 g/mol. The lowest BCUT2D eigenvalue weighted by Crippen LogP contribution is -2.38. The molecule has 2 aliphatic rings. The summed E-state index contributed by atoms with van der Waals surface area (Å²) in [5.74, 6) is -0.0124. The zero-order valence-corrected chi connectivity index (χ0v) is 46.3. The van der Waals surface area contributed by atoms with Crippen molar-refractivity contribution in [3.05, 3.63) is 144 Å². The van der Waals surface area contributed by atoms with Gasteiger partial charge >= 0.3 is 12.2 Å². The van der Waals surface area contributed by atoms with Crippen molar-refractivity contribution < 1.29 is 64.9 Å². The maximum absolute atomic E-state index is 13.8. The number of amides is 4. The predicted octanol–water partition coefficient (Wildman–Crippen LogP) is 11.8. The van der Waals surface area contributed by atoms with Crippen molar-refractivity contribution in [3.8, 4) is 34.3 Å². The smallest absolute Gasteiger partial charge is 0.416 e. The molecule has 2 fully saturated rings. The van der Waals surface area contributed by atoms with E-state index < -0.39 is 59.4 Å². The van der Waals surface area contributed by atoms with Gasteiger partial charge in [0, 0.05) is 42.2 Å². The number of halogens is 4. The van der Waals surface area contributed by atoms with Crippen LogP contribution in [0.25, 0.3) is 34.3 Å². The summed E-state index contributed by atoms with van der Waals surface area (Å²) in [5.41, 5.74) is -0.486. The van der Waals surface area contributed by atoms with Crippen molar-refractivity contribution in [1.82, 2.24) is 39.5 Å². The number of anilines is 4. The molecule has 0 spiro atoms. The largest absolute Gasteiger partial charge is 0.444 e. The van der Waals surface area contributed by atoms with Crippen LogP contribution in [0.5, 0.6) is 0 Å². The molecular formula is C58H58F4N12O10. The van der Waals surface area contributed by atoms with Crippen LogP contribution in [0.3, 0.4) is 0 Å². The fourth-order valence-corrected chi connectivity index (χ4v) is 8.08. The lowest BCUT2D eigenvalue weighted by Gasteiger charge is -2.27. The molecule has 84 heavy (non-hydrogen) atoms. The first-order valence-electron chi connectivity index (χ1n) is 26.5. The van der Waals surface area contributed by atoms with Crippen molar-refractivity contribution >= 4 is 53.3 Å². The summed E-state index contributed by atoms with van der Waals surface area (Å²) >= 11 is 0. The van der Waals surface area contributed by atoms with E-state index in [2.05, 4.69) is 40.8 Å². The summed E-state index contributed by atoms with van der Waals surface area (Å²) < 4.78 is 79.6. The van der Waals surface area contributed by atoms with Gasteiger partial charge in [-0.15, -0.1) is 0 Å². The number of carbonyl (C=O) groups is 5. The summed E-state index contributed by atoms with van der Waals surface area (Å²) in [6, 6.07) is 19.1. The topological polar surface area (TPSA) is 268 Å². The molecule has 8 aromatic rings. The average molecular weight is 1160 g/mol. The molecule has 4 amide bonds. The van der Waals surface area contributed by atoms with Crippen molar-refractivity contribution in [2.24, 2.45) is 11.8 Å². The van der Waals surface area contributed by atoms with Crippen LogP contribution in [-0.4, -0.2) is 99.2 Å². The zero-order chi connectivity index (χ0) is 60.0. The third kappa shape index (κ3) is 15.1. The van der Waals surface area contributed by atoms with Gasteiger partial charge in [-0.05, 0) is 145 Å². The summed E-state index contributed by atoms with van der Waals surface area (Å²) in [5, 5.41) is 21.9. The molecule has 0 unspecified atom stereocenters. The lowest BCUT2D eigenvalue weighted by molar-refractivity contribution is 0.0566. The summed E-state index contributed by atoms with van der Waals surface area (Å²) in [6.07, 6.45) is 5.45. The Labute approximate surface area is 477 Å². The van der Waals surface area contributed by atoms with Crippen LogP contribution >= 0.6 is 0 Å². The average Bonchev–Trinajstić information content (AvgIpc) is 4.40. The van der Waals surface area contributed by atoms with E-state index >= 15 is 0 Å². The molecule has 0 atom stereocenters. The van der Waals surface area contributed by atoms with E-state index in [0.717, 1.165) is 38.2 Å². The summed E-state index contributed by atoms with van der Waals surface area (Å²) in [7, 11) is 0. The van der Waals surface area contributed by atoms with Gasteiger partial charge in [0.25, 0.3) is 24.7 Å². The van der Waals surface area contributed by atoms with Crippen LogP contribution < -0.4 is 20.4 Å². The van der Waals surface area contributed by atoms with Gasteiger partial charge in [-0.1, -0.05) is 12.1 Å². The molecule has 438 valence electrons. The Morgan fingerprint density at radius 1 is 0.655 bits per heavy atom. The SMILES string of the molecule is CC(C)(C)OC(=O)N(CC1CC1)c1cc(-c2nc(C(=O)Nc3cn(-c4ccc(C=O)cc4)nc3C(F)F)co2)ccn1.CC(C)(C)OC(=O)N(CC1CC1)c1cc(-c2nc(C(=O)Nc3cn(-c4ccc(CO)cc4)nc3C(F)F)co2)ccn1. The number of aromatic nitrogens is 8. The second kappa shape index (κ2) is 24.9. The Hall–Kier alpha value is -9.59. The highest BCUT2D eigenvalue weighted by Crippen LogP contribution is 2.36. The highest BCUT2D eigenvalue weighted by atomic mass is 19.3. The van der Waals surface area contributed by atoms with Crippen LogP contribution in [0.2, 0.25) is 0 Å². The standard InChI is InChI=1S/C29H30F2N6O5.C29H28F2N6O5/c2*1-29(2,3)42-28(40)36(13-17-4-5-17)23-12-19(10-11-32-23)27-34-22(16-41-27)26(39)33-21-14-37(35-24(21)25(30)31)20-8-6-18(15-38)7-9-20/h6-12,14,16-17,25,38H,4-5,13,15H2,1-3H3,(H,33,39);6-12,14-17,25H,4-5,13H2,1-3H3,(H,33,39). The molecule has 6 aromatic heterocycles. The molecule has 10 rings (SSSR count). The van der Waals surface area contributed by atoms with E-state index in [1.54, 1.807) is 102 Å². The Morgan fingerprint density at radius 3 is 1.42 bits per heavy atom. The third-order valence-electron chi connectivity index (χ3n) is 12.6. The minimum atomic E-state index is -2.97. The Kier molecular flexibility index (Phi) is 17.5. The fourth-order valence-electron chi connectivity index (χ4n) is 8.08. The number of aliphatic hydroxyl groups is 1. The first-order chi connectivity index (χ1) is 40.0. The number of nitrogens with zero attached hydrogens (tertiary/aromatic N) is 10. The number of aliphatic hydroxyl groups excluding tert-OH is 1. The maximum atomic E-state index is 13.8. The number of oxazole rings is 2. The molecule has 2 saturated carbocycles. The third-order valence-corrected chi connectivity index (χ3v) is 12.6. The van der Waals surface area contributed by atoms with Crippen LogP contribution in [0.1, 0.15) is 128 Å². The molecule has 26 heteroatoms. The Bertz CT molecular complexity index is 3650. The van der Waals surface area contributed by atoms with E-state index in [0.29, 0.717) is 76.5 Å². The first-order valence-corrected chi connectivity index (χ1v) is 26.5. The number of aldehydes is 1. The molecular weight excluding hydrogens is 1100 g/mol. The van der Waals surface area contributed by atoms with Crippen LogP contribution in [0.15, 0.2) is 119 Å². The van der Waals surface area contributed by atoms with E-state index in [4.69, 9.17) is 18.3 Å². The second-order valence-electron chi connectivity index (χ2n) is 21.7. The Morgan fingerprint density at radius 2 is 1.06 bits per heavy atom. The number of rotatable bonds is 18. The van der Waals surface area contributed by atoms with Crippen molar-refractivity contribution in [1.29, 1.82) is 0 Å². The van der Waals surface area contributed by atoms with Gasteiger partial charge < -0.3 is 34.0 Å². The van der Waals surface area contributed by atoms with Crippen molar-refractivity contribution in [2.75, 3.05) is 33.5 Å². The minimum Gasteiger partial charge on any atom is -0.444 e. The molecule has 2 aromatic carbocycles. The quantitative estimate of drug-likeness (QED) is 0.0532. The van der Waals surface area contributed by atoms with E-state index in [-0.39, 0.29) is 41.2 Å². The number of hydrogen-bond donors (Lipinski definition) is 3. The predicted molar refractivity (Wildman–Crippen MR) is 296 cm³/mol. The van der Waals surface area contributed by atoms with Gasteiger partial charge in [-0.25, -0.2) is 56.5 Å². The van der Waals surface area contributed by atoms with Gasteiger partial charge in [0.2, 0.25) is 11.8 Å². The van der Waals surface area contributed by atoms with Crippen LogP contribution in [0.4, 0.5) is 50.2 Å². The number of benzene rings is 2. The first kappa shape index (κ1) is 59.0. The van der Waals surface area contributed by atoms with Gasteiger partial charge in [-0.2, -0.15) is 10.2 Å². The molecule has 0 bridgehead atoms. The molecule has 0 aliphatic heterocycles.